The van der Waals surface area contributed by atoms with Gasteiger partial charge < -0.3 is 10.2 Å². The number of nitrogens with one attached hydrogen (secondary N) is 1. The molecule has 1 saturated heterocycles. The van der Waals surface area contributed by atoms with Crippen LogP contribution in [0.25, 0.3) is 0 Å². The maximum absolute atomic E-state index is 13.5. The van der Waals surface area contributed by atoms with Crippen LogP contribution in [0.2, 0.25) is 0 Å². The average Bonchev–Trinajstić information content (AvgIpc) is 3.25. The van der Waals surface area contributed by atoms with E-state index >= 15 is 0 Å². The van der Waals surface area contributed by atoms with E-state index in [4.69, 9.17) is 0 Å². The molecule has 1 aliphatic heterocycles. The lowest BCUT2D eigenvalue weighted by molar-refractivity contribution is -0.128. The lowest BCUT2D eigenvalue weighted by Crippen LogP contribution is -2.40. The Kier molecular flexibility index (Phi) is 8.11. The van der Waals surface area contributed by atoms with Crippen LogP contribution in [-0.2, 0) is 32.7 Å². The number of nitrogens with zero attached hydrogens (tertiary/aromatic N) is 2. The van der Waals surface area contributed by atoms with Crippen molar-refractivity contribution in [2.45, 2.75) is 37.8 Å². The Hall–Kier alpha value is -3.17. The molecule has 1 N–H and O–H groups in total. The van der Waals surface area contributed by atoms with Crippen LogP contribution in [0.15, 0.2) is 82.2 Å². The summed E-state index contributed by atoms with van der Waals surface area (Å²) in [4.78, 5) is 26.8. The van der Waals surface area contributed by atoms with Gasteiger partial charge in [0.05, 0.1) is 10.6 Å². The Bertz CT molecular complexity index is 1360. The smallest absolute Gasteiger partial charge is 0.264 e. The van der Waals surface area contributed by atoms with Crippen molar-refractivity contribution in [1.29, 1.82) is 0 Å². The molecule has 7 nitrogen and oxygen atoms in total. The Labute approximate surface area is 220 Å². The number of aryl methyl sites for hydroxylation is 1. The third-order valence-corrected chi connectivity index (χ3v) is 8.30. The third-order valence-electron chi connectivity index (χ3n) is 6.02. The molecule has 0 aromatic heterocycles. The number of sulfonamides is 1. The number of carbonyl (C=O) groups excluding carboxylic acids is 2. The molecule has 1 fully saturated rings. The third kappa shape index (κ3) is 6.33. The van der Waals surface area contributed by atoms with Gasteiger partial charge >= 0.3 is 0 Å². The van der Waals surface area contributed by atoms with Gasteiger partial charge in [0.25, 0.3) is 10.0 Å². The van der Waals surface area contributed by atoms with E-state index in [1.54, 1.807) is 48.5 Å². The van der Waals surface area contributed by atoms with E-state index in [1.165, 1.54) is 0 Å². The Morgan fingerprint density at radius 2 is 1.75 bits per heavy atom. The van der Waals surface area contributed by atoms with Crippen LogP contribution in [0.1, 0.15) is 29.5 Å². The minimum atomic E-state index is -3.98. The quantitative estimate of drug-likeness (QED) is 0.414. The highest BCUT2D eigenvalue weighted by atomic mass is 79.9. The maximum Gasteiger partial charge on any atom is 0.264 e. The summed E-state index contributed by atoms with van der Waals surface area (Å²) in [5.41, 5.74) is 3.20. The molecule has 0 radical (unpaired) electrons. The molecule has 0 spiro atoms. The van der Waals surface area contributed by atoms with Crippen molar-refractivity contribution >= 4 is 43.5 Å². The molecule has 3 aromatic rings. The number of anilines is 1. The molecule has 3 aromatic carbocycles. The van der Waals surface area contributed by atoms with Crippen molar-refractivity contribution in [3.8, 4) is 0 Å². The molecular formula is C27H28BrN3O4S. The Balaban J connectivity index is 1.48. The minimum absolute atomic E-state index is 0.116. The second-order valence-corrected chi connectivity index (χ2v) is 11.6. The number of amides is 2. The summed E-state index contributed by atoms with van der Waals surface area (Å²) in [5, 5.41) is 2.84. The molecule has 0 aliphatic carbocycles. The second kappa shape index (κ2) is 11.3. The van der Waals surface area contributed by atoms with Crippen molar-refractivity contribution in [3.63, 3.8) is 0 Å². The average molecular weight is 571 g/mol. The fraction of sp³-hybridized carbons (Fsp3) is 0.259. The summed E-state index contributed by atoms with van der Waals surface area (Å²) in [7, 11) is -3.98. The van der Waals surface area contributed by atoms with E-state index in [-0.39, 0.29) is 23.9 Å². The standard InChI is InChI=1S/C27H28BrN3O4S/c1-20-10-12-25(13-11-20)36(34,35)31(24-8-3-7-23(28)16-24)19-26(32)29-17-21-5-2-6-22(15-21)18-30-14-4-9-27(30)33/h2-3,5-8,10-13,15-16H,4,9,14,17-19H2,1H3,(H,29,32). The van der Waals surface area contributed by atoms with E-state index < -0.39 is 15.9 Å². The molecule has 36 heavy (non-hydrogen) atoms. The van der Waals surface area contributed by atoms with Crippen LogP contribution in [0, 0.1) is 6.92 Å². The molecule has 1 aliphatic rings. The summed E-state index contributed by atoms with van der Waals surface area (Å²) in [6.07, 6.45) is 1.48. The highest BCUT2D eigenvalue weighted by molar-refractivity contribution is 9.10. The van der Waals surface area contributed by atoms with Crippen molar-refractivity contribution in [2.75, 3.05) is 17.4 Å². The summed E-state index contributed by atoms with van der Waals surface area (Å²) in [5.74, 6) is -0.262. The van der Waals surface area contributed by atoms with Gasteiger partial charge in [0.1, 0.15) is 6.54 Å². The molecule has 4 rings (SSSR count). The number of hydrogen-bond acceptors (Lipinski definition) is 4. The van der Waals surface area contributed by atoms with Gasteiger partial charge in [-0.05, 0) is 54.8 Å². The first kappa shape index (κ1) is 25.9. The van der Waals surface area contributed by atoms with Gasteiger partial charge in [-0.15, -0.1) is 0 Å². The Morgan fingerprint density at radius 3 is 2.44 bits per heavy atom. The zero-order valence-corrected chi connectivity index (χ0v) is 22.4. The van der Waals surface area contributed by atoms with E-state index in [1.807, 2.05) is 36.1 Å². The highest BCUT2D eigenvalue weighted by Crippen LogP contribution is 2.26. The predicted octanol–water partition coefficient (Wildman–Crippen LogP) is 4.39. The lowest BCUT2D eigenvalue weighted by Gasteiger charge is -2.24. The molecule has 0 saturated carbocycles. The van der Waals surface area contributed by atoms with Crippen molar-refractivity contribution in [3.05, 3.63) is 94.0 Å². The molecule has 0 bridgehead atoms. The SMILES string of the molecule is Cc1ccc(S(=O)(=O)N(CC(=O)NCc2cccc(CN3CCCC3=O)c2)c2cccc(Br)c2)cc1. The number of benzene rings is 3. The molecule has 0 unspecified atom stereocenters. The zero-order chi connectivity index (χ0) is 25.7. The summed E-state index contributed by atoms with van der Waals surface area (Å²) < 4.78 is 28.8. The van der Waals surface area contributed by atoms with Crippen molar-refractivity contribution in [2.24, 2.45) is 0 Å². The normalized spacial score (nSPS) is 13.6. The van der Waals surface area contributed by atoms with Crippen molar-refractivity contribution in [1.82, 2.24) is 10.2 Å². The number of carbonyl (C=O) groups is 2. The fourth-order valence-corrected chi connectivity index (χ4v) is 5.90. The summed E-state index contributed by atoms with van der Waals surface area (Å²) in [6.45, 7) is 3.08. The van der Waals surface area contributed by atoms with Crippen LogP contribution >= 0.6 is 15.9 Å². The molecular weight excluding hydrogens is 542 g/mol. The monoisotopic (exact) mass is 569 g/mol. The first-order chi connectivity index (χ1) is 17.2. The minimum Gasteiger partial charge on any atom is -0.350 e. The second-order valence-electron chi connectivity index (χ2n) is 8.82. The van der Waals surface area contributed by atoms with Gasteiger partial charge in [-0.3, -0.25) is 13.9 Å². The number of halogens is 1. The van der Waals surface area contributed by atoms with Crippen LogP contribution in [0.5, 0.6) is 0 Å². The predicted molar refractivity (Wildman–Crippen MR) is 143 cm³/mol. The molecule has 2 amide bonds. The van der Waals surface area contributed by atoms with E-state index in [0.29, 0.717) is 23.1 Å². The maximum atomic E-state index is 13.5. The molecule has 9 heteroatoms. The molecule has 0 atom stereocenters. The van der Waals surface area contributed by atoms with Crippen LogP contribution < -0.4 is 9.62 Å². The van der Waals surface area contributed by atoms with E-state index in [2.05, 4.69) is 21.2 Å². The first-order valence-corrected chi connectivity index (χ1v) is 13.9. The summed E-state index contributed by atoms with van der Waals surface area (Å²) >= 11 is 3.39. The van der Waals surface area contributed by atoms with Gasteiger partial charge in [-0.1, -0.05) is 64.0 Å². The highest BCUT2D eigenvalue weighted by Gasteiger charge is 2.27. The van der Waals surface area contributed by atoms with Crippen molar-refractivity contribution < 1.29 is 18.0 Å². The van der Waals surface area contributed by atoms with Gasteiger partial charge in [0.15, 0.2) is 0 Å². The zero-order valence-electron chi connectivity index (χ0n) is 20.0. The number of hydrogen-bond donors (Lipinski definition) is 1. The van der Waals surface area contributed by atoms with Crippen LogP contribution in [0.3, 0.4) is 0 Å². The van der Waals surface area contributed by atoms with Gasteiger partial charge in [0, 0.05) is 30.5 Å². The fourth-order valence-electron chi connectivity index (χ4n) is 4.10. The largest absolute Gasteiger partial charge is 0.350 e. The van der Waals surface area contributed by atoms with Crippen LogP contribution in [-0.4, -0.2) is 38.2 Å². The van der Waals surface area contributed by atoms with E-state index in [9.17, 15) is 18.0 Å². The van der Waals surface area contributed by atoms with Gasteiger partial charge in [-0.2, -0.15) is 0 Å². The summed E-state index contributed by atoms with van der Waals surface area (Å²) in [6, 6.07) is 21.1. The first-order valence-electron chi connectivity index (χ1n) is 11.7. The molecule has 188 valence electrons. The Morgan fingerprint density at radius 1 is 1.03 bits per heavy atom. The molecule has 1 heterocycles. The van der Waals surface area contributed by atoms with Gasteiger partial charge in [0.2, 0.25) is 11.8 Å². The lowest BCUT2D eigenvalue weighted by atomic mass is 10.1. The number of likely N-dealkylation sites (tertiary alicyclic amines) is 1. The van der Waals surface area contributed by atoms with E-state index in [0.717, 1.165) is 34.0 Å². The van der Waals surface area contributed by atoms with Crippen LogP contribution in [0.4, 0.5) is 5.69 Å². The topological polar surface area (TPSA) is 86.8 Å². The number of rotatable bonds is 9. The van der Waals surface area contributed by atoms with Gasteiger partial charge in [-0.25, -0.2) is 8.42 Å².